The van der Waals surface area contributed by atoms with Gasteiger partial charge in [0.1, 0.15) is 0 Å². The molecule has 2 atom stereocenters. The molecule has 2 aromatic rings. The smallest absolute Gasteiger partial charge is 0.259 e. The number of thiazole rings is 1. The second-order valence-corrected chi connectivity index (χ2v) is 8.55. The Morgan fingerprint density at radius 3 is 3.11 bits per heavy atom. The van der Waals surface area contributed by atoms with E-state index in [1.807, 2.05) is 12.3 Å². The van der Waals surface area contributed by atoms with Crippen LogP contribution < -0.4 is 16.2 Å². The Bertz CT molecular complexity index is 871. The molecular weight excluding hydrogens is 362 g/mol. The van der Waals surface area contributed by atoms with E-state index >= 15 is 0 Å². The fourth-order valence-electron chi connectivity index (χ4n) is 4.15. The van der Waals surface area contributed by atoms with E-state index in [9.17, 15) is 9.59 Å². The zero-order valence-corrected chi connectivity index (χ0v) is 16.6. The minimum absolute atomic E-state index is 0.00126. The molecule has 0 aliphatic carbocycles. The molecule has 7 nitrogen and oxygen atoms in total. The molecule has 2 aliphatic rings. The molecule has 0 spiro atoms. The summed E-state index contributed by atoms with van der Waals surface area (Å²) >= 11 is 1.51. The van der Waals surface area contributed by atoms with Gasteiger partial charge in [-0.1, -0.05) is 0 Å². The molecule has 0 saturated carbocycles. The number of aryl methyl sites for hydroxylation is 1. The van der Waals surface area contributed by atoms with E-state index in [0.29, 0.717) is 12.5 Å². The molecule has 146 valence electrons. The van der Waals surface area contributed by atoms with Crippen LogP contribution in [-0.4, -0.2) is 52.4 Å². The molecule has 4 heterocycles. The summed E-state index contributed by atoms with van der Waals surface area (Å²) in [5.74, 6) is 0.593. The Morgan fingerprint density at radius 2 is 2.30 bits per heavy atom. The molecule has 2 fully saturated rings. The van der Waals surface area contributed by atoms with Crippen molar-refractivity contribution in [3.05, 3.63) is 33.2 Å². The summed E-state index contributed by atoms with van der Waals surface area (Å²) in [7, 11) is 0. The Kier molecular flexibility index (Phi) is 5.56. The van der Waals surface area contributed by atoms with Crippen LogP contribution in [0.4, 0.5) is 0 Å². The van der Waals surface area contributed by atoms with E-state index in [1.165, 1.54) is 11.3 Å². The zero-order valence-electron chi connectivity index (χ0n) is 15.7. The number of hydrogen-bond donors (Lipinski definition) is 2. The summed E-state index contributed by atoms with van der Waals surface area (Å²) in [6.07, 6.45) is 4.26. The SMILES string of the molecule is Cc1csc2nc(CN3CCCC(CNC(=O)C4CCCN4)C3)cc(=O)n12. The van der Waals surface area contributed by atoms with Gasteiger partial charge in [-0.25, -0.2) is 4.98 Å². The molecule has 4 rings (SSSR count). The normalized spacial score (nSPS) is 23.7. The third-order valence-electron chi connectivity index (χ3n) is 5.56. The molecule has 2 saturated heterocycles. The molecule has 2 aliphatic heterocycles. The minimum atomic E-state index is -0.0113. The van der Waals surface area contributed by atoms with Gasteiger partial charge >= 0.3 is 0 Å². The summed E-state index contributed by atoms with van der Waals surface area (Å²) in [6.45, 7) is 6.24. The van der Waals surface area contributed by atoms with Gasteiger partial charge in [0, 0.05) is 36.8 Å². The number of rotatable bonds is 5. The average Bonchev–Trinajstić information content (AvgIpc) is 3.30. The van der Waals surface area contributed by atoms with Gasteiger partial charge in [-0.05, 0) is 51.6 Å². The molecule has 1 amide bonds. The van der Waals surface area contributed by atoms with Crippen LogP contribution in [0.25, 0.3) is 4.96 Å². The number of nitrogens with one attached hydrogen (secondary N) is 2. The number of fused-ring (bicyclic) bond motifs is 1. The Labute approximate surface area is 162 Å². The van der Waals surface area contributed by atoms with Gasteiger partial charge in [0.25, 0.3) is 5.56 Å². The van der Waals surface area contributed by atoms with Crippen molar-refractivity contribution in [3.8, 4) is 0 Å². The highest BCUT2D eigenvalue weighted by molar-refractivity contribution is 7.15. The number of likely N-dealkylation sites (tertiary alicyclic amines) is 1. The Hall–Kier alpha value is -1.77. The molecular formula is C19H27N5O2S. The maximum Gasteiger partial charge on any atom is 0.259 e. The number of amides is 1. The number of hydrogen-bond acceptors (Lipinski definition) is 6. The molecule has 2 unspecified atom stereocenters. The summed E-state index contributed by atoms with van der Waals surface area (Å²) in [4.78, 5) is 32.3. The average molecular weight is 390 g/mol. The highest BCUT2D eigenvalue weighted by Crippen LogP contribution is 2.18. The van der Waals surface area contributed by atoms with Crippen LogP contribution in [0.2, 0.25) is 0 Å². The van der Waals surface area contributed by atoms with Gasteiger partial charge < -0.3 is 10.6 Å². The van der Waals surface area contributed by atoms with Crippen molar-refractivity contribution >= 4 is 22.2 Å². The first-order valence-electron chi connectivity index (χ1n) is 9.80. The number of piperidine rings is 1. The topological polar surface area (TPSA) is 78.7 Å². The highest BCUT2D eigenvalue weighted by atomic mass is 32.1. The maximum atomic E-state index is 12.3. The van der Waals surface area contributed by atoms with E-state index < -0.39 is 0 Å². The van der Waals surface area contributed by atoms with Crippen molar-refractivity contribution in [1.82, 2.24) is 24.9 Å². The maximum absolute atomic E-state index is 12.3. The predicted octanol–water partition coefficient (Wildman–Crippen LogP) is 1.14. The number of carbonyl (C=O) groups excluding carboxylic acids is 1. The summed E-state index contributed by atoms with van der Waals surface area (Å²) in [6, 6.07) is 1.65. The zero-order chi connectivity index (χ0) is 18.8. The van der Waals surface area contributed by atoms with Crippen molar-refractivity contribution in [2.75, 3.05) is 26.2 Å². The third-order valence-corrected chi connectivity index (χ3v) is 6.50. The van der Waals surface area contributed by atoms with Crippen LogP contribution in [0, 0.1) is 12.8 Å². The van der Waals surface area contributed by atoms with Gasteiger partial charge in [0.2, 0.25) is 5.91 Å². The van der Waals surface area contributed by atoms with E-state index in [0.717, 1.165) is 68.2 Å². The Balaban J connectivity index is 1.34. The van der Waals surface area contributed by atoms with Crippen LogP contribution >= 0.6 is 11.3 Å². The van der Waals surface area contributed by atoms with Gasteiger partial charge in [-0.3, -0.25) is 18.9 Å². The number of nitrogens with zero attached hydrogens (tertiary/aromatic N) is 3. The predicted molar refractivity (Wildman–Crippen MR) is 106 cm³/mol. The molecule has 2 aromatic heterocycles. The van der Waals surface area contributed by atoms with Crippen molar-refractivity contribution in [2.24, 2.45) is 5.92 Å². The van der Waals surface area contributed by atoms with Gasteiger partial charge in [-0.2, -0.15) is 0 Å². The van der Waals surface area contributed by atoms with Gasteiger partial charge in [0.15, 0.2) is 4.96 Å². The van der Waals surface area contributed by atoms with E-state index in [-0.39, 0.29) is 17.5 Å². The van der Waals surface area contributed by atoms with Gasteiger partial charge in [-0.15, -0.1) is 11.3 Å². The standard InChI is InChI=1S/C19H27N5O2S/c1-13-12-27-19-22-15(8-17(25)24(13)19)11-23-7-3-4-14(10-23)9-21-18(26)16-5-2-6-20-16/h8,12,14,16,20H,2-7,9-11H2,1H3,(H,21,26). The van der Waals surface area contributed by atoms with Crippen LogP contribution in [-0.2, 0) is 11.3 Å². The lowest BCUT2D eigenvalue weighted by Crippen LogP contribution is -2.45. The first kappa shape index (κ1) is 18.6. The largest absolute Gasteiger partial charge is 0.354 e. The first-order chi connectivity index (χ1) is 13.1. The van der Waals surface area contributed by atoms with E-state index in [1.54, 1.807) is 10.5 Å². The quantitative estimate of drug-likeness (QED) is 0.802. The fraction of sp³-hybridized carbons (Fsp3) is 0.632. The second-order valence-electron chi connectivity index (χ2n) is 7.72. The lowest BCUT2D eigenvalue weighted by molar-refractivity contribution is -0.123. The third kappa shape index (κ3) is 4.23. The van der Waals surface area contributed by atoms with Crippen molar-refractivity contribution in [1.29, 1.82) is 0 Å². The van der Waals surface area contributed by atoms with Crippen LogP contribution in [0.15, 0.2) is 16.2 Å². The summed E-state index contributed by atoms with van der Waals surface area (Å²) in [5.41, 5.74) is 1.77. The first-order valence-corrected chi connectivity index (χ1v) is 10.7. The molecule has 0 radical (unpaired) electrons. The van der Waals surface area contributed by atoms with Crippen molar-refractivity contribution in [2.45, 2.75) is 45.2 Å². The number of carbonyl (C=O) groups is 1. The van der Waals surface area contributed by atoms with Gasteiger partial charge in [0.05, 0.1) is 11.7 Å². The molecule has 8 heteroatoms. The summed E-state index contributed by atoms with van der Waals surface area (Å²) in [5, 5.41) is 8.33. The monoisotopic (exact) mass is 389 g/mol. The van der Waals surface area contributed by atoms with Crippen LogP contribution in [0.5, 0.6) is 0 Å². The molecule has 27 heavy (non-hydrogen) atoms. The minimum Gasteiger partial charge on any atom is -0.354 e. The van der Waals surface area contributed by atoms with Crippen LogP contribution in [0.3, 0.4) is 0 Å². The lowest BCUT2D eigenvalue weighted by atomic mass is 9.97. The summed E-state index contributed by atoms with van der Waals surface area (Å²) < 4.78 is 1.67. The molecule has 0 aromatic carbocycles. The van der Waals surface area contributed by atoms with E-state index in [4.69, 9.17) is 0 Å². The lowest BCUT2D eigenvalue weighted by Gasteiger charge is -2.32. The molecule has 2 N–H and O–H groups in total. The van der Waals surface area contributed by atoms with E-state index in [2.05, 4.69) is 20.5 Å². The number of aromatic nitrogens is 2. The fourth-order valence-corrected chi connectivity index (χ4v) is 5.04. The van der Waals surface area contributed by atoms with Crippen molar-refractivity contribution < 1.29 is 4.79 Å². The van der Waals surface area contributed by atoms with Crippen LogP contribution in [0.1, 0.15) is 37.1 Å². The highest BCUT2D eigenvalue weighted by Gasteiger charge is 2.25. The van der Waals surface area contributed by atoms with Crippen molar-refractivity contribution in [3.63, 3.8) is 0 Å². The molecule has 0 bridgehead atoms. The second kappa shape index (κ2) is 8.08. The Morgan fingerprint density at radius 1 is 1.41 bits per heavy atom.